The van der Waals surface area contributed by atoms with Crippen LogP contribution in [0.2, 0.25) is 0 Å². The summed E-state index contributed by atoms with van der Waals surface area (Å²) in [6.07, 6.45) is 3.56. The fourth-order valence-electron chi connectivity index (χ4n) is 4.73. The van der Waals surface area contributed by atoms with Crippen LogP contribution in [0.4, 0.5) is 5.95 Å². The number of fused-ring (bicyclic) bond motifs is 1. The second-order valence-electron chi connectivity index (χ2n) is 9.30. The average molecular weight is 487 g/mol. The molecular formula is C28H30N4O2S. The van der Waals surface area contributed by atoms with Crippen LogP contribution in [-0.2, 0) is 11.2 Å². The Morgan fingerprint density at radius 3 is 2.69 bits per heavy atom. The Balaban J connectivity index is 1.28. The van der Waals surface area contributed by atoms with Gasteiger partial charge in [-0.2, -0.15) is 0 Å². The van der Waals surface area contributed by atoms with Crippen molar-refractivity contribution in [3.8, 4) is 11.1 Å². The number of carbonyl (C=O) groups is 1. The Morgan fingerprint density at radius 1 is 1.17 bits per heavy atom. The minimum absolute atomic E-state index is 0.0826. The van der Waals surface area contributed by atoms with Gasteiger partial charge in [-0.15, -0.1) is 11.3 Å². The molecule has 2 aromatic heterocycles. The molecule has 35 heavy (non-hydrogen) atoms. The number of thiophene rings is 1. The van der Waals surface area contributed by atoms with E-state index in [1.807, 2.05) is 53.9 Å². The second kappa shape index (κ2) is 10.4. The van der Waals surface area contributed by atoms with E-state index in [1.165, 1.54) is 16.9 Å². The van der Waals surface area contributed by atoms with Gasteiger partial charge in [-0.3, -0.25) is 14.6 Å². The normalized spacial score (nSPS) is 16.8. The largest absolute Gasteiger partial charge is 0.353 e. The Labute approximate surface area is 209 Å². The molecule has 1 amide bonds. The third-order valence-corrected chi connectivity index (χ3v) is 7.66. The molecule has 0 aliphatic carbocycles. The van der Waals surface area contributed by atoms with E-state index in [9.17, 15) is 9.59 Å². The molecule has 1 saturated heterocycles. The molecule has 2 aromatic carbocycles. The van der Waals surface area contributed by atoms with Gasteiger partial charge in [0, 0.05) is 30.1 Å². The smallest absolute Gasteiger partial charge is 0.270 e. The third kappa shape index (κ3) is 5.30. The first-order valence-electron chi connectivity index (χ1n) is 12.2. The van der Waals surface area contributed by atoms with E-state index < -0.39 is 0 Å². The highest BCUT2D eigenvalue weighted by molar-refractivity contribution is 7.17. The SMILES string of the molecule is C[C@@H](CCc1ccccc1)NC(=O)[C@@H]1CCCN(c2nc3c(-c4ccccc4)csc3c(=O)[nH]2)C1. The number of aromatic amines is 1. The van der Waals surface area contributed by atoms with Crippen molar-refractivity contribution in [2.75, 3.05) is 18.0 Å². The Morgan fingerprint density at radius 2 is 1.91 bits per heavy atom. The van der Waals surface area contributed by atoms with Crippen LogP contribution in [0.15, 0.2) is 70.8 Å². The summed E-state index contributed by atoms with van der Waals surface area (Å²) in [5, 5.41) is 5.20. The van der Waals surface area contributed by atoms with Crippen LogP contribution in [0.1, 0.15) is 31.7 Å². The van der Waals surface area contributed by atoms with Crippen LogP contribution in [-0.4, -0.2) is 35.0 Å². The predicted molar refractivity (Wildman–Crippen MR) is 143 cm³/mol. The minimum Gasteiger partial charge on any atom is -0.353 e. The monoisotopic (exact) mass is 486 g/mol. The molecule has 7 heteroatoms. The summed E-state index contributed by atoms with van der Waals surface area (Å²) in [6, 6.07) is 20.5. The second-order valence-corrected chi connectivity index (χ2v) is 10.2. The number of H-pyrrole nitrogens is 1. The number of hydrogen-bond acceptors (Lipinski definition) is 5. The van der Waals surface area contributed by atoms with Crippen molar-refractivity contribution in [1.29, 1.82) is 0 Å². The van der Waals surface area contributed by atoms with Crippen molar-refractivity contribution in [3.63, 3.8) is 0 Å². The van der Waals surface area contributed by atoms with Crippen molar-refractivity contribution in [2.45, 2.75) is 38.6 Å². The fourth-order valence-corrected chi connectivity index (χ4v) is 5.64. The minimum atomic E-state index is -0.127. The zero-order valence-electron chi connectivity index (χ0n) is 19.9. The van der Waals surface area contributed by atoms with Crippen LogP contribution >= 0.6 is 11.3 Å². The summed E-state index contributed by atoms with van der Waals surface area (Å²) in [5.74, 6) is 0.506. The van der Waals surface area contributed by atoms with Gasteiger partial charge < -0.3 is 10.2 Å². The standard InChI is InChI=1S/C28H30N4O2S/c1-19(14-15-20-9-4-2-5-10-20)29-26(33)22-13-8-16-32(17-22)28-30-24-23(21-11-6-3-7-12-21)18-35-25(24)27(34)31-28/h2-7,9-12,18-19,22H,8,13-17H2,1H3,(H,29,33)(H,30,31,34)/t19-,22+/m0/s1. The van der Waals surface area contributed by atoms with Crippen LogP contribution in [0.5, 0.6) is 0 Å². The number of amides is 1. The highest BCUT2D eigenvalue weighted by Gasteiger charge is 2.28. The summed E-state index contributed by atoms with van der Waals surface area (Å²) in [5.41, 5.74) is 3.89. The Hall–Kier alpha value is -3.45. The molecule has 1 aliphatic heterocycles. The lowest BCUT2D eigenvalue weighted by Crippen LogP contribution is -2.46. The number of benzene rings is 2. The van der Waals surface area contributed by atoms with Crippen LogP contribution in [0.3, 0.4) is 0 Å². The van der Waals surface area contributed by atoms with Crippen molar-refractivity contribution < 1.29 is 4.79 Å². The van der Waals surface area contributed by atoms with Crippen molar-refractivity contribution in [2.24, 2.45) is 5.92 Å². The molecule has 0 spiro atoms. The molecule has 1 fully saturated rings. The molecule has 0 saturated carbocycles. The molecule has 0 unspecified atom stereocenters. The summed E-state index contributed by atoms with van der Waals surface area (Å²) in [4.78, 5) is 35.8. The van der Waals surface area contributed by atoms with Gasteiger partial charge in [0.05, 0.1) is 11.4 Å². The molecule has 1 aliphatic rings. The topological polar surface area (TPSA) is 78.1 Å². The van der Waals surface area contributed by atoms with Crippen LogP contribution in [0.25, 0.3) is 21.3 Å². The van der Waals surface area contributed by atoms with Gasteiger partial charge in [-0.25, -0.2) is 4.98 Å². The maximum atomic E-state index is 13.0. The predicted octanol–water partition coefficient (Wildman–Crippen LogP) is 5.01. The molecule has 3 heterocycles. The Kier molecular flexibility index (Phi) is 6.95. The first-order valence-corrected chi connectivity index (χ1v) is 13.1. The van der Waals surface area contributed by atoms with Crippen molar-refractivity contribution in [3.05, 3.63) is 82.0 Å². The van der Waals surface area contributed by atoms with Gasteiger partial charge in [-0.05, 0) is 43.7 Å². The molecule has 2 N–H and O–H groups in total. The summed E-state index contributed by atoms with van der Waals surface area (Å²) in [6.45, 7) is 3.39. The highest BCUT2D eigenvalue weighted by atomic mass is 32.1. The van der Waals surface area contributed by atoms with E-state index in [1.54, 1.807) is 0 Å². The van der Waals surface area contributed by atoms with E-state index in [0.717, 1.165) is 48.9 Å². The summed E-state index contributed by atoms with van der Waals surface area (Å²) in [7, 11) is 0. The zero-order chi connectivity index (χ0) is 24.2. The number of hydrogen-bond donors (Lipinski definition) is 2. The summed E-state index contributed by atoms with van der Waals surface area (Å²) < 4.78 is 0.631. The lowest BCUT2D eigenvalue weighted by molar-refractivity contribution is -0.125. The molecule has 5 rings (SSSR count). The average Bonchev–Trinajstić information content (AvgIpc) is 3.33. The quantitative estimate of drug-likeness (QED) is 0.385. The van der Waals surface area contributed by atoms with Gasteiger partial charge in [0.25, 0.3) is 5.56 Å². The van der Waals surface area contributed by atoms with Gasteiger partial charge in [0.15, 0.2) is 0 Å². The van der Waals surface area contributed by atoms with Crippen LogP contribution in [0, 0.1) is 5.92 Å². The molecular weight excluding hydrogens is 456 g/mol. The van der Waals surface area contributed by atoms with Crippen LogP contribution < -0.4 is 15.8 Å². The lowest BCUT2D eigenvalue weighted by atomic mass is 9.96. The molecule has 6 nitrogen and oxygen atoms in total. The van der Waals surface area contributed by atoms with Gasteiger partial charge in [0.2, 0.25) is 11.9 Å². The number of piperidine rings is 1. The number of carbonyl (C=O) groups excluding carboxylic acids is 1. The number of aryl methyl sites for hydroxylation is 1. The first kappa shape index (κ1) is 23.3. The van der Waals surface area contributed by atoms with E-state index >= 15 is 0 Å². The fraction of sp³-hybridized carbons (Fsp3) is 0.321. The number of nitrogens with zero attached hydrogens (tertiary/aromatic N) is 2. The highest BCUT2D eigenvalue weighted by Crippen LogP contribution is 2.32. The maximum absolute atomic E-state index is 13.0. The summed E-state index contributed by atoms with van der Waals surface area (Å²) >= 11 is 1.42. The lowest BCUT2D eigenvalue weighted by Gasteiger charge is -2.33. The van der Waals surface area contributed by atoms with Gasteiger partial charge in [-0.1, -0.05) is 60.7 Å². The van der Waals surface area contributed by atoms with E-state index in [-0.39, 0.29) is 23.4 Å². The molecule has 2 atom stereocenters. The Bertz CT molecular complexity index is 1350. The number of nitrogens with one attached hydrogen (secondary N) is 2. The zero-order valence-corrected chi connectivity index (χ0v) is 20.7. The van der Waals surface area contributed by atoms with Crippen molar-refractivity contribution >= 4 is 33.4 Å². The van der Waals surface area contributed by atoms with E-state index in [4.69, 9.17) is 4.98 Å². The van der Waals surface area contributed by atoms with E-state index in [2.05, 4.69) is 34.3 Å². The van der Waals surface area contributed by atoms with Gasteiger partial charge in [0.1, 0.15) is 4.70 Å². The maximum Gasteiger partial charge on any atom is 0.270 e. The van der Waals surface area contributed by atoms with Gasteiger partial charge >= 0.3 is 0 Å². The number of anilines is 1. The third-order valence-electron chi connectivity index (χ3n) is 6.69. The van der Waals surface area contributed by atoms with Crippen molar-refractivity contribution in [1.82, 2.24) is 15.3 Å². The molecule has 0 bridgehead atoms. The number of aromatic nitrogens is 2. The first-order chi connectivity index (χ1) is 17.1. The number of rotatable bonds is 7. The molecule has 180 valence electrons. The molecule has 4 aromatic rings. The molecule has 0 radical (unpaired) electrons. The van der Waals surface area contributed by atoms with E-state index in [0.29, 0.717) is 17.2 Å².